The lowest BCUT2D eigenvalue weighted by Crippen LogP contribution is -2.41. The summed E-state index contributed by atoms with van der Waals surface area (Å²) in [6.07, 6.45) is 1.38. The van der Waals surface area contributed by atoms with Crippen LogP contribution in [0.2, 0.25) is 0 Å². The third-order valence-electron chi connectivity index (χ3n) is 5.19. The normalized spacial score (nSPS) is 23.0. The molecule has 0 unspecified atom stereocenters. The van der Waals surface area contributed by atoms with E-state index in [1.807, 2.05) is 34.6 Å². The van der Waals surface area contributed by atoms with Gasteiger partial charge in [-0.2, -0.15) is 0 Å². The summed E-state index contributed by atoms with van der Waals surface area (Å²) in [6.45, 7) is 10.2. The number of hydrogen-bond donors (Lipinski definition) is 0. The van der Waals surface area contributed by atoms with E-state index in [1.165, 1.54) is 6.07 Å². The maximum Gasteiger partial charge on any atom is 0.497 e. The molecule has 1 aromatic carbocycles. The molecule has 23 heavy (non-hydrogen) atoms. The molecule has 0 aromatic heterocycles. The van der Waals surface area contributed by atoms with Gasteiger partial charge in [0, 0.05) is 24.1 Å². The van der Waals surface area contributed by atoms with Crippen LogP contribution < -0.4 is 10.4 Å². The summed E-state index contributed by atoms with van der Waals surface area (Å²) in [5.41, 5.74) is 0.789. The number of nitrogens with zero attached hydrogens (tertiary/aromatic N) is 1. The molecule has 0 N–H and O–H groups in total. The predicted octanol–water partition coefficient (Wildman–Crippen LogP) is 2.56. The van der Waals surface area contributed by atoms with Gasteiger partial charge in [-0.25, -0.2) is 4.39 Å². The highest BCUT2D eigenvalue weighted by atomic mass is 19.1. The predicted molar refractivity (Wildman–Crippen MR) is 88.4 cm³/mol. The van der Waals surface area contributed by atoms with Gasteiger partial charge in [0.2, 0.25) is 5.91 Å². The second-order valence-corrected chi connectivity index (χ2v) is 7.40. The molecule has 0 aliphatic carbocycles. The minimum atomic E-state index is -0.767. The minimum absolute atomic E-state index is 0.0829. The van der Waals surface area contributed by atoms with Crippen molar-refractivity contribution in [3.8, 4) is 0 Å². The molecule has 0 radical (unpaired) electrons. The van der Waals surface area contributed by atoms with E-state index < -0.39 is 18.3 Å². The number of rotatable bonds is 2. The van der Waals surface area contributed by atoms with Crippen LogP contribution in [0.3, 0.4) is 0 Å². The van der Waals surface area contributed by atoms with E-state index >= 15 is 0 Å². The summed E-state index contributed by atoms with van der Waals surface area (Å²) in [7, 11) is -0.767. The van der Waals surface area contributed by atoms with E-state index in [0.717, 1.165) is 17.7 Å². The zero-order chi connectivity index (χ0) is 17.0. The Hall–Kier alpha value is -1.40. The molecule has 1 aromatic rings. The fraction of sp³-hybridized carbons (Fsp3) is 0.588. The van der Waals surface area contributed by atoms with Gasteiger partial charge in [0.25, 0.3) is 0 Å². The number of aryl methyl sites for hydroxylation is 1. The summed E-state index contributed by atoms with van der Waals surface area (Å²) >= 11 is 0. The first-order valence-electron chi connectivity index (χ1n) is 8.08. The monoisotopic (exact) mass is 319 g/mol. The molecule has 2 aliphatic heterocycles. The van der Waals surface area contributed by atoms with Crippen LogP contribution in [0.15, 0.2) is 12.1 Å². The third-order valence-corrected chi connectivity index (χ3v) is 5.19. The van der Waals surface area contributed by atoms with Crippen molar-refractivity contribution in [3.63, 3.8) is 0 Å². The number of hydrogen-bond acceptors (Lipinski definition) is 3. The van der Waals surface area contributed by atoms with Gasteiger partial charge in [-0.3, -0.25) is 4.79 Å². The van der Waals surface area contributed by atoms with Gasteiger partial charge in [-0.1, -0.05) is 0 Å². The van der Waals surface area contributed by atoms with Crippen molar-refractivity contribution in [2.45, 2.75) is 58.7 Å². The van der Waals surface area contributed by atoms with Crippen molar-refractivity contribution in [1.82, 2.24) is 0 Å². The number of amides is 1. The standard InChI is InChI=1S/C17H23BFNO3/c1-11-9-13(19)12(10-14(11)20-8-6-7-15(20)21)18-22-16(2,3)17(4,5)23-18/h9-10H,6-8H2,1-5H3. The third kappa shape index (κ3) is 2.68. The lowest BCUT2D eigenvalue weighted by Gasteiger charge is -2.32. The van der Waals surface area contributed by atoms with E-state index in [1.54, 1.807) is 11.0 Å². The highest BCUT2D eigenvalue weighted by molar-refractivity contribution is 6.62. The fourth-order valence-electron chi connectivity index (χ4n) is 3.02. The molecule has 1 amide bonds. The molecule has 0 bridgehead atoms. The summed E-state index contributed by atoms with van der Waals surface area (Å²) < 4.78 is 26.4. The Bertz CT molecular complexity index is 643. The summed E-state index contributed by atoms with van der Waals surface area (Å²) in [4.78, 5) is 13.7. The molecule has 2 fully saturated rings. The van der Waals surface area contributed by atoms with Crippen LogP contribution in [0, 0.1) is 12.7 Å². The lowest BCUT2D eigenvalue weighted by molar-refractivity contribution is -0.117. The van der Waals surface area contributed by atoms with Crippen LogP contribution in [-0.4, -0.2) is 30.8 Å². The van der Waals surface area contributed by atoms with Crippen molar-refractivity contribution < 1.29 is 18.5 Å². The molecule has 0 saturated carbocycles. The Kier molecular flexibility index (Phi) is 3.80. The van der Waals surface area contributed by atoms with Crippen LogP contribution in [0.25, 0.3) is 0 Å². The number of anilines is 1. The van der Waals surface area contributed by atoms with Crippen LogP contribution in [0.1, 0.15) is 46.1 Å². The number of carbonyl (C=O) groups is 1. The van der Waals surface area contributed by atoms with Crippen LogP contribution in [-0.2, 0) is 14.1 Å². The average molecular weight is 319 g/mol. The van der Waals surface area contributed by atoms with Gasteiger partial charge in [-0.05, 0) is 58.7 Å². The average Bonchev–Trinajstić information content (AvgIpc) is 2.91. The van der Waals surface area contributed by atoms with Crippen molar-refractivity contribution in [2.24, 2.45) is 0 Å². The zero-order valence-electron chi connectivity index (χ0n) is 14.4. The first kappa shape index (κ1) is 16.5. The Labute approximate surface area is 137 Å². The molecular weight excluding hydrogens is 296 g/mol. The Morgan fingerprint density at radius 1 is 1.17 bits per heavy atom. The molecule has 2 aliphatic rings. The van der Waals surface area contributed by atoms with Gasteiger partial charge in [0.1, 0.15) is 5.82 Å². The number of halogens is 1. The number of carbonyl (C=O) groups excluding carboxylic acids is 1. The molecule has 124 valence electrons. The quantitative estimate of drug-likeness (QED) is 0.787. The molecule has 2 heterocycles. The topological polar surface area (TPSA) is 38.8 Å². The maximum atomic E-state index is 14.5. The van der Waals surface area contributed by atoms with Gasteiger partial charge in [0.15, 0.2) is 0 Å². The number of benzene rings is 1. The molecule has 0 atom stereocenters. The van der Waals surface area contributed by atoms with Crippen molar-refractivity contribution in [1.29, 1.82) is 0 Å². The van der Waals surface area contributed by atoms with E-state index in [9.17, 15) is 9.18 Å². The Morgan fingerprint density at radius 3 is 2.30 bits per heavy atom. The highest BCUT2D eigenvalue weighted by Gasteiger charge is 2.52. The SMILES string of the molecule is Cc1cc(F)c(B2OC(C)(C)C(C)(C)O2)cc1N1CCCC1=O. The first-order valence-corrected chi connectivity index (χ1v) is 8.08. The van der Waals surface area contributed by atoms with Crippen molar-refractivity contribution in [3.05, 3.63) is 23.5 Å². The van der Waals surface area contributed by atoms with E-state index in [2.05, 4.69) is 0 Å². The molecule has 4 nitrogen and oxygen atoms in total. The van der Waals surface area contributed by atoms with Gasteiger partial charge in [0.05, 0.1) is 11.2 Å². The Morgan fingerprint density at radius 2 is 1.78 bits per heavy atom. The van der Waals surface area contributed by atoms with Gasteiger partial charge >= 0.3 is 7.12 Å². The molecule has 3 rings (SSSR count). The van der Waals surface area contributed by atoms with Crippen molar-refractivity contribution >= 4 is 24.2 Å². The second kappa shape index (κ2) is 5.31. The smallest absolute Gasteiger partial charge is 0.399 e. The van der Waals surface area contributed by atoms with E-state index in [4.69, 9.17) is 9.31 Å². The second-order valence-electron chi connectivity index (χ2n) is 7.40. The van der Waals surface area contributed by atoms with Crippen LogP contribution in [0.4, 0.5) is 10.1 Å². The largest absolute Gasteiger partial charge is 0.497 e. The zero-order valence-corrected chi connectivity index (χ0v) is 14.4. The van der Waals surface area contributed by atoms with Crippen LogP contribution in [0.5, 0.6) is 0 Å². The molecule has 6 heteroatoms. The molecule has 0 spiro atoms. The van der Waals surface area contributed by atoms with Gasteiger partial charge < -0.3 is 14.2 Å². The van der Waals surface area contributed by atoms with E-state index in [0.29, 0.717) is 18.4 Å². The summed E-state index contributed by atoms with van der Waals surface area (Å²) in [5.74, 6) is -0.282. The Balaban J connectivity index is 1.99. The van der Waals surface area contributed by atoms with Gasteiger partial charge in [-0.15, -0.1) is 0 Å². The molecular formula is C17H23BFNO3. The van der Waals surface area contributed by atoms with Crippen LogP contribution >= 0.6 is 0 Å². The van der Waals surface area contributed by atoms with E-state index in [-0.39, 0.29) is 11.7 Å². The summed E-state index contributed by atoms with van der Waals surface area (Å²) in [5, 5.41) is 0. The van der Waals surface area contributed by atoms with Crippen molar-refractivity contribution in [2.75, 3.05) is 11.4 Å². The summed E-state index contributed by atoms with van der Waals surface area (Å²) in [6, 6.07) is 3.16. The first-order chi connectivity index (χ1) is 10.6. The lowest BCUT2D eigenvalue weighted by atomic mass is 9.77. The minimum Gasteiger partial charge on any atom is -0.399 e. The highest BCUT2D eigenvalue weighted by Crippen LogP contribution is 2.37. The molecule has 2 saturated heterocycles. The fourth-order valence-corrected chi connectivity index (χ4v) is 3.02. The maximum absolute atomic E-state index is 14.5.